The van der Waals surface area contributed by atoms with Gasteiger partial charge in [0.05, 0.1) is 0 Å². The van der Waals surface area contributed by atoms with E-state index in [1.165, 1.54) is 0 Å². The van der Waals surface area contributed by atoms with Gasteiger partial charge in [-0.25, -0.2) is 4.79 Å². The maximum Gasteiger partial charge on any atom is 0.328 e. The van der Waals surface area contributed by atoms with E-state index >= 15 is 0 Å². The monoisotopic (exact) mass is 265 g/mol. The number of hydrogen-bond donors (Lipinski definition) is 1. The molecule has 106 valence electrons. The molecule has 0 heterocycles. The van der Waals surface area contributed by atoms with Crippen LogP contribution in [-0.2, 0) is 14.3 Å². The molecule has 1 fully saturated rings. The summed E-state index contributed by atoms with van der Waals surface area (Å²) in [4.78, 5) is 24.0. The van der Waals surface area contributed by atoms with Crippen LogP contribution >= 0.6 is 0 Å². The SMILES string of the molecule is C[C@H](NC(=O)C1CC2C=CC1C2)C(=O)OC(C)(C)C. The summed E-state index contributed by atoms with van der Waals surface area (Å²) in [5, 5.41) is 2.78. The number of ether oxygens (including phenoxy) is 1. The molecule has 0 aromatic rings. The number of rotatable bonds is 3. The van der Waals surface area contributed by atoms with Gasteiger partial charge in [0.15, 0.2) is 0 Å². The van der Waals surface area contributed by atoms with Crippen molar-refractivity contribution in [3.8, 4) is 0 Å². The second kappa shape index (κ2) is 4.99. The zero-order valence-corrected chi connectivity index (χ0v) is 12.1. The van der Waals surface area contributed by atoms with Gasteiger partial charge in [-0.05, 0) is 52.4 Å². The van der Waals surface area contributed by atoms with E-state index < -0.39 is 11.6 Å². The molecule has 19 heavy (non-hydrogen) atoms. The summed E-state index contributed by atoms with van der Waals surface area (Å²) in [5.74, 6) is 0.545. The lowest BCUT2D eigenvalue weighted by Gasteiger charge is -2.24. The first-order chi connectivity index (χ1) is 8.76. The minimum Gasteiger partial charge on any atom is -0.458 e. The molecule has 4 nitrogen and oxygen atoms in total. The van der Waals surface area contributed by atoms with Crippen LogP contribution in [-0.4, -0.2) is 23.5 Å². The second-order valence-corrected chi connectivity index (χ2v) is 6.65. The highest BCUT2D eigenvalue weighted by atomic mass is 16.6. The van der Waals surface area contributed by atoms with E-state index in [1.807, 2.05) is 20.8 Å². The largest absolute Gasteiger partial charge is 0.458 e. The second-order valence-electron chi connectivity index (χ2n) is 6.65. The van der Waals surface area contributed by atoms with Crippen molar-refractivity contribution >= 4 is 11.9 Å². The fourth-order valence-electron chi connectivity index (χ4n) is 2.85. The van der Waals surface area contributed by atoms with Gasteiger partial charge < -0.3 is 10.1 Å². The van der Waals surface area contributed by atoms with Crippen molar-refractivity contribution in [3.63, 3.8) is 0 Å². The molecule has 2 aliphatic carbocycles. The molecule has 0 spiro atoms. The third kappa shape index (κ3) is 3.37. The molecule has 4 atom stereocenters. The Hall–Kier alpha value is -1.32. The van der Waals surface area contributed by atoms with Crippen LogP contribution in [0.5, 0.6) is 0 Å². The number of carbonyl (C=O) groups is 2. The van der Waals surface area contributed by atoms with Crippen molar-refractivity contribution in [2.45, 2.75) is 52.2 Å². The van der Waals surface area contributed by atoms with Crippen molar-refractivity contribution < 1.29 is 14.3 Å². The quantitative estimate of drug-likeness (QED) is 0.627. The highest BCUT2D eigenvalue weighted by molar-refractivity contribution is 5.86. The molecular weight excluding hydrogens is 242 g/mol. The first kappa shape index (κ1) is 14.1. The van der Waals surface area contributed by atoms with Crippen LogP contribution in [0, 0.1) is 17.8 Å². The Morgan fingerprint density at radius 1 is 1.26 bits per heavy atom. The molecule has 0 aliphatic heterocycles. The lowest BCUT2D eigenvalue weighted by Crippen LogP contribution is -2.45. The van der Waals surface area contributed by atoms with E-state index in [0.29, 0.717) is 11.8 Å². The smallest absolute Gasteiger partial charge is 0.328 e. The van der Waals surface area contributed by atoms with Gasteiger partial charge in [-0.2, -0.15) is 0 Å². The number of amides is 1. The number of fused-ring (bicyclic) bond motifs is 2. The Morgan fingerprint density at radius 2 is 1.95 bits per heavy atom. The lowest BCUT2D eigenvalue weighted by molar-refractivity contribution is -0.158. The van der Waals surface area contributed by atoms with Crippen LogP contribution in [0.3, 0.4) is 0 Å². The molecule has 1 N–H and O–H groups in total. The van der Waals surface area contributed by atoms with Crippen LogP contribution in [0.2, 0.25) is 0 Å². The normalized spacial score (nSPS) is 30.2. The van der Waals surface area contributed by atoms with E-state index in [0.717, 1.165) is 12.8 Å². The van der Waals surface area contributed by atoms with E-state index in [-0.39, 0.29) is 17.8 Å². The standard InChI is InChI=1S/C15H23NO3/c1-9(14(18)19-15(2,3)4)16-13(17)12-8-10-5-6-11(12)7-10/h5-6,9-12H,7-8H2,1-4H3,(H,16,17)/t9-,10?,11?,12?/m0/s1. The van der Waals surface area contributed by atoms with E-state index in [4.69, 9.17) is 4.74 Å². The maximum absolute atomic E-state index is 12.2. The Balaban J connectivity index is 1.85. The summed E-state index contributed by atoms with van der Waals surface area (Å²) in [6.07, 6.45) is 6.33. The minimum absolute atomic E-state index is 0.0183. The highest BCUT2D eigenvalue weighted by Gasteiger charge is 2.40. The number of nitrogens with one attached hydrogen (secondary N) is 1. The number of carbonyl (C=O) groups excluding carboxylic acids is 2. The average Bonchev–Trinajstić information content (AvgIpc) is 2.87. The van der Waals surface area contributed by atoms with Gasteiger partial charge in [0.25, 0.3) is 0 Å². The van der Waals surface area contributed by atoms with Crippen molar-refractivity contribution in [3.05, 3.63) is 12.2 Å². The third-order valence-electron chi connectivity index (χ3n) is 3.73. The minimum atomic E-state index is -0.588. The van der Waals surface area contributed by atoms with E-state index in [9.17, 15) is 9.59 Å². The first-order valence-corrected chi connectivity index (χ1v) is 6.98. The Morgan fingerprint density at radius 3 is 2.42 bits per heavy atom. The third-order valence-corrected chi connectivity index (χ3v) is 3.73. The average molecular weight is 265 g/mol. The molecule has 3 unspecified atom stereocenters. The molecule has 0 aromatic heterocycles. The zero-order valence-electron chi connectivity index (χ0n) is 12.1. The van der Waals surface area contributed by atoms with Gasteiger partial charge in [0.1, 0.15) is 11.6 Å². The van der Waals surface area contributed by atoms with Gasteiger partial charge in [-0.15, -0.1) is 0 Å². The molecule has 0 radical (unpaired) electrons. The van der Waals surface area contributed by atoms with Gasteiger partial charge in [0, 0.05) is 5.92 Å². The van der Waals surface area contributed by atoms with Crippen LogP contribution in [0.25, 0.3) is 0 Å². The van der Waals surface area contributed by atoms with E-state index in [1.54, 1.807) is 6.92 Å². The number of esters is 1. The van der Waals surface area contributed by atoms with Crippen molar-refractivity contribution in [2.75, 3.05) is 0 Å². The Bertz CT molecular complexity index is 408. The molecule has 2 rings (SSSR count). The van der Waals surface area contributed by atoms with Gasteiger partial charge in [-0.3, -0.25) is 4.79 Å². The van der Waals surface area contributed by atoms with E-state index in [2.05, 4.69) is 17.5 Å². The fourth-order valence-corrected chi connectivity index (χ4v) is 2.85. The summed E-state index contributed by atoms with van der Waals surface area (Å²) in [7, 11) is 0. The number of hydrogen-bond acceptors (Lipinski definition) is 3. The van der Waals surface area contributed by atoms with Gasteiger partial charge in [-0.1, -0.05) is 12.2 Å². The maximum atomic E-state index is 12.2. The summed E-state index contributed by atoms with van der Waals surface area (Å²) in [6.45, 7) is 7.13. The summed E-state index contributed by atoms with van der Waals surface area (Å²) in [5.41, 5.74) is -0.523. The van der Waals surface area contributed by atoms with Gasteiger partial charge in [0.2, 0.25) is 5.91 Å². The molecule has 0 aromatic carbocycles. The Labute approximate surface area is 114 Å². The first-order valence-electron chi connectivity index (χ1n) is 6.98. The topological polar surface area (TPSA) is 55.4 Å². The molecule has 2 bridgehead atoms. The molecule has 2 aliphatic rings. The zero-order chi connectivity index (χ0) is 14.2. The van der Waals surface area contributed by atoms with Crippen molar-refractivity contribution in [1.82, 2.24) is 5.32 Å². The fraction of sp³-hybridized carbons (Fsp3) is 0.733. The molecule has 4 heteroatoms. The molecule has 1 saturated carbocycles. The summed E-state index contributed by atoms with van der Waals surface area (Å²) >= 11 is 0. The Kier molecular flexibility index (Phi) is 3.70. The molecular formula is C15H23NO3. The summed E-state index contributed by atoms with van der Waals surface area (Å²) < 4.78 is 5.26. The summed E-state index contributed by atoms with van der Waals surface area (Å²) in [6, 6.07) is -0.588. The lowest BCUT2D eigenvalue weighted by atomic mass is 9.92. The van der Waals surface area contributed by atoms with Crippen LogP contribution < -0.4 is 5.32 Å². The van der Waals surface area contributed by atoms with Crippen molar-refractivity contribution in [2.24, 2.45) is 17.8 Å². The number of allylic oxidation sites excluding steroid dienone is 2. The van der Waals surface area contributed by atoms with Crippen molar-refractivity contribution in [1.29, 1.82) is 0 Å². The predicted molar refractivity (Wildman–Crippen MR) is 72.3 cm³/mol. The van der Waals surface area contributed by atoms with Gasteiger partial charge >= 0.3 is 5.97 Å². The van der Waals surface area contributed by atoms with Crippen LogP contribution in [0.15, 0.2) is 12.2 Å². The predicted octanol–water partition coefficient (Wildman–Crippen LogP) is 2.04. The van der Waals surface area contributed by atoms with Crippen LogP contribution in [0.4, 0.5) is 0 Å². The molecule has 0 saturated heterocycles. The highest BCUT2D eigenvalue weighted by Crippen LogP contribution is 2.43. The molecule has 1 amide bonds. The van der Waals surface area contributed by atoms with Crippen LogP contribution in [0.1, 0.15) is 40.5 Å².